The molecule has 0 N–H and O–H groups in total. The van der Waals surface area contributed by atoms with Gasteiger partial charge < -0.3 is 4.90 Å². The van der Waals surface area contributed by atoms with Gasteiger partial charge in [0.2, 0.25) is 0 Å². The van der Waals surface area contributed by atoms with E-state index in [-0.39, 0.29) is 0 Å². The van der Waals surface area contributed by atoms with Gasteiger partial charge >= 0.3 is 0 Å². The van der Waals surface area contributed by atoms with Gasteiger partial charge in [-0.25, -0.2) is 0 Å². The number of unbranched alkanes of at least 4 members (excludes halogenated alkanes) is 21. The van der Waals surface area contributed by atoms with Crippen LogP contribution >= 0.6 is 0 Å². The zero-order chi connectivity index (χ0) is 35.5. The summed E-state index contributed by atoms with van der Waals surface area (Å²) in [5.74, 6) is 1.54. The van der Waals surface area contributed by atoms with E-state index in [1.165, 1.54) is 186 Å². The lowest BCUT2D eigenvalue weighted by Crippen LogP contribution is -2.36. The molecule has 49 heavy (non-hydrogen) atoms. The maximum absolute atomic E-state index is 13.5. The molecule has 0 radical (unpaired) electrons. The molecule has 0 heterocycles. The molecule has 2 nitrogen and oxygen atoms in total. The largest absolute Gasteiger partial charge is 0.306 e. The van der Waals surface area contributed by atoms with Crippen LogP contribution in [-0.4, -0.2) is 30.8 Å². The average molecular weight is 682 g/mol. The summed E-state index contributed by atoms with van der Waals surface area (Å²) in [5.41, 5.74) is 0. The summed E-state index contributed by atoms with van der Waals surface area (Å²) < 4.78 is 0. The zero-order valence-electron chi connectivity index (χ0n) is 33.9. The fraction of sp³-hybridized carbons (Fsp3) is 0.851. The van der Waals surface area contributed by atoms with E-state index in [4.69, 9.17) is 0 Å². The molecule has 1 aliphatic carbocycles. The molecule has 0 aromatic rings. The molecular weight excluding hydrogens is 595 g/mol. The number of Topliss-reactive ketones (excluding diaryl/α,β-unsaturated/α-hetero) is 1. The van der Waals surface area contributed by atoms with Crippen LogP contribution < -0.4 is 0 Å². The topological polar surface area (TPSA) is 20.3 Å². The summed E-state index contributed by atoms with van der Waals surface area (Å²) >= 11 is 0. The molecule has 2 heteroatoms. The zero-order valence-corrected chi connectivity index (χ0v) is 33.9. The van der Waals surface area contributed by atoms with Crippen molar-refractivity contribution in [2.75, 3.05) is 14.1 Å². The Kier molecular flexibility index (Phi) is 33.0. The summed E-state index contributed by atoms with van der Waals surface area (Å²) in [7, 11) is 4.39. The number of carbonyl (C=O) groups is 1. The summed E-state index contributed by atoms with van der Waals surface area (Å²) in [6.45, 7) is 4.56. The number of nitrogens with zero attached hydrogens (tertiary/aromatic N) is 1. The van der Waals surface area contributed by atoms with E-state index >= 15 is 0 Å². The molecule has 0 bridgehead atoms. The lowest BCUT2D eigenvalue weighted by atomic mass is 9.79. The summed E-state index contributed by atoms with van der Waals surface area (Å²) in [6.07, 6.45) is 57.2. The van der Waals surface area contributed by atoms with Crippen LogP contribution in [0.15, 0.2) is 36.5 Å². The maximum Gasteiger partial charge on any atom is 0.136 e. The first-order chi connectivity index (χ1) is 24.1. The molecule has 1 fully saturated rings. The molecule has 1 rings (SSSR count). The minimum Gasteiger partial charge on any atom is -0.306 e. The van der Waals surface area contributed by atoms with E-state index < -0.39 is 0 Å². The monoisotopic (exact) mass is 682 g/mol. The number of carbonyl (C=O) groups excluding carboxylic acids is 1. The van der Waals surface area contributed by atoms with E-state index in [2.05, 4.69) is 69.3 Å². The fourth-order valence-corrected chi connectivity index (χ4v) is 7.83. The first-order valence-electron chi connectivity index (χ1n) is 22.2. The Bertz CT molecular complexity index is 794. The standard InChI is InChI=1S/C47H87NO/c1-5-7-9-11-13-15-17-19-21-23-25-27-29-31-33-35-38-44(42-47(49)45-40-37-41-46(43-45)48(3)4)39-36-34-32-30-28-26-24-22-20-18-16-14-12-10-8-6-2/h13,15,19-22,44-46H,5-12,14,16-18,23-43H2,1-4H3/b15-13-,21-19-,22-20-. The fourth-order valence-electron chi connectivity index (χ4n) is 7.83. The van der Waals surface area contributed by atoms with Crippen LogP contribution in [0.2, 0.25) is 0 Å². The van der Waals surface area contributed by atoms with Gasteiger partial charge in [0, 0.05) is 18.4 Å². The average Bonchev–Trinajstić information content (AvgIpc) is 3.11. The molecule has 0 aliphatic heterocycles. The van der Waals surface area contributed by atoms with Crippen LogP contribution in [0.3, 0.4) is 0 Å². The normalized spacial score (nSPS) is 17.7. The van der Waals surface area contributed by atoms with Crippen LogP contribution in [0.5, 0.6) is 0 Å². The minimum absolute atomic E-state index is 0.319. The lowest BCUT2D eigenvalue weighted by Gasteiger charge is -2.33. The highest BCUT2D eigenvalue weighted by Gasteiger charge is 2.29. The van der Waals surface area contributed by atoms with Gasteiger partial charge in [0.1, 0.15) is 5.78 Å². The molecule has 0 amide bonds. The Hall–Kier alpha value is -1.15. The molecule has 1 saturated carbocycles. The molecule has 286 valence electrons. The van der Waals surface area contributed by atoms with Crippen LogP contribution in [0.25, 0.3) is 0 Å². The third kappa shape index (κ3) is 29.2. The highest BCUT2D eigenvalue weighted by molar-refractivity contribution is 5.81. The predicted octanol–water partition coefficient (Wildman–Crippen LogP) is 15.3. The van der Waals surface area contributed by atoms with Crippen molar-refractivity contribution in [1.82, 2.24) is 4.90 Å². The number of hydrogen-bond donors (Lipinski definition) is 0. The number of hydrogen-bond acceptors (Lipinski definition) is 2. The lowest BCUT2D eigenvalue weighted by molar-refractivity contribution is -0.125. The van der Waals surface area contributed by atoms with E-state index in [9.17, 15) is 4.79 Å². The SMILES string of the molecule is CCCCC/C=C\C/C=C\CCCCCCCCC(CCCCCCCC/C=C\CCCCCCCC)CC(=O)C1CCCC(N(C)C)C1. The molecule has 3 atom stereocenters. The van der Waals surface area contributed by atoms with E-state index in [0.29, 0.717) is 23.7 Å². The Morgan fingerprint density at radius 3 is 1.45 bits per heavy atom. The van der Waals surface area contributed by atoms with Gasteiger partial charge in [-0.3, -0.25) is 4.79 Å². The van der Waals surface area contributed by atoms with Crippen molar-refractivity contribution < 1.29 is 4.79 Å². The molecular formula is C47H87NO. The Balaban J connectivity index is 2.23. The molecule has 0 saturated heterocycles. The van der Waals surface area contributed by atoms with E-state index in [0.717, 1.165) is 25.7 Å². The first-order valence-corrected chi connectivity index (χ1v) is 22.2. The number of allylic oxidation sites excluding steroid dienone is 6. The van der Waals surface area contributed by atoms with Gasteiger partial charge in [0.25, 0.3) is 0 Å². The minimum atomic E-state index is 0.319. The second-order valence-electron chi connectivity index (χ2n) is 16.1. The maximum atomic E-state index is 13.5. The molecule has 0 spiro atoms. The highest BCUT2D eigenvalue weighted by atomic mass is 16.1. The third-order valence-electron chi connectivity index (χ3n) is 11.3. The van der Waals surface area contributed by atoms with Gasteiger partial charge in [0.15, 0.2) is 0 Å². The van der Waals surface area contributed by atoms with Crippen molar-refractivity contribution >= 4 is 5.78 Å². The number of ketones is 1. The first kappa shape index (κ1) is 45.9. The Labute approximate surface area is 308 Å². The van der Waals surface area contributed by atoms with Gasteiger partial charge in [-0.15, -0.1) is 0 Å². The predicted molar refractivity (Wildman–Crippen MR) is 221 cm³/mol. The smallest absolute Gasteiger partial charge is 0.136 e. The molecule has 0 aromatic heterocycles. The quantitative estimate of drug-likeness (QED) is 0.0490. The molecule has 1 aliphatic rings. The van der Waals surface area contributed by atoms with Crippen molar-refractivity contribution in [1.29, 1.82) is 0 Å². The van der Waals surface area contributed by atoms with Gasteiger partial charge in [-0.1, -0.05) is 179 Å². The van der Waals surface area contributed by atoms with Crippen molar-refractivity contribution in [2.24, 2.45) is 11.8 Å². The van der Waals surface area contributed by atoms with Crippen LogP contribution in [0, 0.1) is 11.8 Å². The van der Waals surface area contributed by atoms with Crippen molar-refractivity contribution in [3.63, 3.8) is 0 Å². The van der Waals surface area contributed by atoms with Crippen molar-refractivity contribution in [2.45, 2.75) is 232 Å². The van der Waals surface area contributed by atoms with E-state index in [1.54, 1.807) is 0 Å². The summed E-state index contributed by atoms with van der Waals surface area (Å²) in [4.78, 5) is 15.8. The van der Waals surface area contributed by atoms with Gasteiger partial charge in [0.05, 0.1) is 0 Å². The summed E-state index contributed by atoms with van der Waals surface area (Å²) in [6, 6.07) is 0.601. The Morgan fingerprint density at radius 1 is 0.551 bits per heavy atom. The van der Waals surface area contributed by atoms with Crippen LogP contribution in [-0.2, 0) is 4.79 Å². The van der Waals surface area contributed by atoms with Crippen molar-refractivity contribution in [3.8, 4) is 0 Å². The second-order valence-corrected chi connectivity index (χ2v) is 16.1. The van der Waals surface area contributed by atoms with Gasteiger partial charge in [-0.05, 0) is 97.1 Å². The van der Waals surface area contributed by atoms with Gasteiger partial charge in [-0.2, -0.15) is 0 Å². The summed E-state index contributed by atoms with van der Waals surface area (Å²) in [5, 5.41) is 0. The van der Waals surface area contributed by atoms with E-state index in [1.807, 2.05) is 0 Å². The van der Waals surface area contributed by atoms with Crippen LogP contribution in [0.1, 0.15) is 226 Å². The second kappa shape index (κ2) is 35.3. The molecule has 0 aromatic carbocycles. The van der Waals surface area contributed by atoms with Crippen molar-refractivity contribution in [3.05, 3.63) is 36.5 Å². The molecule has 3 unspecified atom stereocenters. The Morgan fingerprint density at radius 2 is 0.959 bits per heavy atom. The third-order valence-corrected chi connectivity index (χ3v) is 11.3. The number of rotatable bonds is 35. The highest BCUT2D eigenvalue weighted by Crippen LogP contribution is 2.31. The van der Waals surface area contributed by atoms with Crippen LogP contribution in [0.4, 0.5) is 0 Å².